The van der Waals surface area contributed by atoms with E-state index in [2.05, 4.69) is 60.3 Å². The highest BCUT2D eigenvalue weighted by Gasteiger charge is 2.23. The molecule has 1 saturated heterocycles. The van der Waals surface area contributed by atoms with Crippen molar-refractivity contribution in [3.05, 3.63) is 84.4 Å². The second-order valence-corrected chi connectivity index (χ2v) is 7.75. The predicted molar refractivity (Wildman–Crippen MR) is 116 cm³/mol. The second kappa shape index (κ2) is 8.59. The minimum absolute atomic E-state index is 0.682. The summed E-state index contributed by atoms with van der Waals surface area (Å²) >= 11 is 0. The van der Waals surface area contributed by atoms with Gasteiger partial charge in [0, 0.05) is 31.2 Å². The van der Waals surface area contributed by atoms with Gasteiger partial charge in [-0.05, 0) is 49.8 Å². The first-order chi connectivity index (χ1) is 13.7. The largest absolute Gasteiger partial charge is 0.457 e. The average molecular weight is 373 g/mol. The maximum absolute atomic E-state index is 6.12. The number of nitrogens with zero attached hydrogens (tertiary/aromatic N) is 2. The summed E-state index contributed by atoms with van der Waals surface area (Å²) in [6.07, 6.45) is 1.26. The van der Waals surface area contributed by atoms with Crippen LogP contribution in [-0.2, 0) is 6.54 Å². The Morgan fingerprint density at radius 3 is 2.32 bits per heavy atom. The van der Waals surface area contributed by atoms with Crippen LogP contribution in [0, 0.1) is 0 Å². The monoisotopic (exact) mass is 372 g/mol. The molecule has 0 aliphatic carbocycles. The Morgan fingerprint density at radius 1 is 0.893 bits per heavy atom. The van der Waals surface area contributed by atoms with Gasteiger partial charge in [0.15, 0.2) is 0 Å². The summed E-state index contributed by atoms with van der Waals surface area (Å²) in [5.41, 5.74) is 3.67. The summed E-state index contributed by atoms with van der Waals surface area (Å²) in [5.74, 6) is 1.74. The van der Waals surface area contributed by atoms with Crippen LogP contribution in [0.5, 0.6) is 11.5 Å². The number of rotatable bonds is 6. The van der Waals surface area contributed by atoms with E-state index >= 15 is 0 Å². The lowest BCUT2D eigenvalue weighted by molar-refractivity contribution is 0.264. The van der Waals surface area contributed by atoms with E-state index in [1.54, 1.807) is 0 Å². The van der Waals surface area contributed by atoms with E-state index in [-0.39, 0.29) is 0 Å². The van der Waals surface area contributed by atoms with Crippen molar-refractivity contribution >= 4 is 0 Å². The van der Waals surface area contributed by atoms with Gasteiger partial charge in [0.05, 0.1) is 0 Å². The SMILES string of the molecule is CN(C)C1CCN(Cc2ccc(-c3ccccc3Oc3ccccc3)cc2)C1. The molecule has 3 heteroatoms. The Labute approximate surface area is 168 Å². The van der Waals surface area contributed by atoms with Gasteiger partial charge in [0.2, 0.25) is 0 Å². The summed E-state index contributed by atoms with van der Waals surface area (Å²) < 4.78 is 6.12. The Hall–Kier alpha value is -2.62. The molecule has 1 heterocycles. The molecule has 0 amide bonds. The van der Waals surface area contributed by atoms with Crippen LogP contribution in [0.2, 0.25) is 0 Å². The molecular weight excluding hydrogens is 344 g/mol. The van der Waals surface area contributed by atoms with E-state index < -0.39 is 0 Å². The van der Waals surface area contributed by atoms with E-state index in [1.807, 2.05) is 42.5 Å². The fraction of sp³-hybridized carbons (Fsp3) is 0.280. The second-order valence-electron chi connectivity index (χ2n) is 7.75. The molecule has 1 aliphatic rings. The zero-order chi connectivity index (χ0) is 19.3. The fourth-order valence-corrected chi connectivity index (χ4v) is 3.83. The summed E-state index contributed by atoms with van der Waals surface area (Å²) in [6, 6.07) is 27.8. The zero-order valence-electron chi connectivity index (χ0n) is 16.7. The fourth-order valence-electron chi connectivity index (χ4n) is 3.83. The number of likely N-dealkylation sites (N-methyl/N-ethyl adjacent to an activating group) is 1. The summed E-state index contributed by atoms with van der Waals surface area (Å²) in [5, 5.41) is 0. The van der Waals surface area contributed by atoms with Crippen molar-refractivity contribution in [2.75, 3.05) is 27.2 Å². The molecule has 0 aromatic heterocycles. The molecule has 0 N–H and O–H groups in total. The third kappa shape index (κ3) is 4.44. The molecule has 0 bridgehead atoms. The van der Waals surface area contributed by atoms with E-state index in [4.69, 9.17) is 4.74 Å². The van der Waals surface area contributed by atoms with Crippen molar-refractivity contribution in [3.63, 3.8) is 0 Å². The Balaban J connectivity index is 1.47. The molecule has 3 aromatic carbocycles. The van der Waals surface area contributed by atoms with Crippen molar-refractivity contribution < 1.29 is 4.74 Å². The van der Waals surface area contributed by atoms with Gasteiger partial charge in [-0.3, -0.25) is 4.90 Å². The van der Waals surface area contributed by atoms with Gasteiger partial charge in [-0.25, -0.2) is 0 Å². The highest BCUT2D eigenvalue weighted by molar-refractivity contribution is 5.71. The average Bonchev–Trinajstić information content (AvgIpc) is 3.19. The minimum Gasteiger partial charge on any atom is -0.457 e. The van der Waals surface area contributed by atoms with Crippen LogP contribution in [-0.4, -0.2) is 43.0 Å². The van der Waals surface area contributed by atoms with Crippen molar-refractivity contribution in [1.82, 2.24) is 9.80 Å². The molecular formula is C25H28N2O. The number of benzene rings is 3. The molecule has 28 heavy (non-hydrogen) atoms. The van der Waals surface area contributed by atoms with E-state index in [0.29, 0.717) is 6.04 Å². The van der Waals surface area contributed by atoms with Crippen LogP contribution in [0.4, 0.5) is 0 Å². The van der Waals surface area contributed by atoms with Gasteiger partial charge in [0.1, 0.15) is 11.5 Å². The minimum atomic E-state index is 0.682. The summed E-state index contributed by atoms with van der Waals surface area (Å²) in [6.45, 7) is 3.35. The number of likely N-dealkylation sites (tertiary alicyclic amines) is 1. The van der Waals surface area contributed by atoms with Crippen LogP contribution in [0.1, 0.15) is 12.0 Å². The van der Waals surface area contributed by atoms with Crippen molar-refractivity contribution in [2.45, 2.75) is 19.0 Å². The molecule has 144 valence electrons. The van der Waals surface area contributed by atoms with Crippen molar-refractivity contribution in [3.8, 4) is 22.6 Å². The molecule has 0 saturated carbocycles. The highest BCUT2D eigenvalue weighted by Crippen LogP contribution is 2.33. The highest BCUT2D eigenvalue weighted by atomic mass is 16.5. The van der Waals surface area contributed by atoms with Crippen LogP contribution < -0.4 is 4.74 Å². The molecule has 1 atom stereocenters. The molecule has 1 unspecified atom stereocenters. The Kier molecular flexibility index (Phi) is 5.75. The lowest BCUT2D eigenvalue weighted by Gasteiger charge is -2.20. The Bertz CT molecular complexity index is 890. The molecule has 0 radical (unpaired) electrons. The van der Waals surface area contributed by atoms with Gasteiger partial charge in [-0.2, -0.15) is 0 Å². The lowest BCUT2D eigenvalue weighted by Crippen LogP contribution is -2.31. The maximum atomic E-state index is 6.12. The number of hydrogen-bond acceptors (Lipinski definition) is 3. The van der Waals surface area contributed by atoms with Crippen LogP contribution in [0.25, 0.3) is 11.1 Å². The number of ether oxygens (including phenoxy) is 1. The van der Waals surface area contributed by atoms with Gasteiger partial charge in [-0.15, -0.1) is 0 Å². The van der Waals surface area contributed by atoms with E-state index in [9.17, 15) is 0 Å². The van der Waals surface area contributed by atoms with Crippen molar-refractivity contribution in [2.24, 2.45) is 0 Å². The van der Waals surface area contributed by atoms with E-state index in [0.717, 1.165) is 30.2 Å². The van der Waals surface area contributed by atoms with Crippen LogP contribution in [0.3, 0.4) is 0 Å². The summed E-state index contributed by atoms with van der Waals surface area (Å²) in [7, 11) is 4.36. The standard InChI is InChI=1S/C25H28N2O/c1-26(2)22-16-17-27(19-22)18-20-12-14-21(15-13-20)24-10-6-7-11-25(24)28-23-8-4-3-5-9-23/h3-15,22H,16-19H2,1-2H3. The van der Waals surface area contributed by atoms with E-state index in [1.165, 1.54) is 24.1 Å². The maximum Gasteiger partial charge on any atom is 0.135 e. The number of para-hydroxylation sites is 2. The van der Waals surface area contributed by atoms with Gasteiger partial charge in [-0.1, -0.05) is 60.7 Å². The molecule has 3 aromatic rings. The first-order valence-electron chi connectivity index (χ1n) is 9.99. The normalized spacial score (nSPS) is 17.2. The topological polar surface area (TPSA) is 15.7 Å². The van der Waals surface area contributed by atoms with Crippen LogP contribution in [0.15, 0.2) is 78.9 Å². The number of hydrogen-bond donors (Lipinski definition) is 0. The first-order valence-corrected chi connectivity index (χ1v) is 9.99. The predicted octanol–water partition coefficient (Wildman–Crippen LogP) is 5.28. The zero-order valence-corrected chi connectivity index (χ0v) is 16.7. The summed E-state index contributed by atoms with van der Waals surface area (Å²) in [4.78, 5) is 4.89. The molecule has 1 aliphatic heterocycles. The van der Waals surface area contributed by atoms with Gasteiger partial charge in [0.25, 0.3) is 0 Å². The molecule has 3 nitrogen and oxygen atoms in total. The third-order valence-electron chi connectivity index (χ3n) is 5.51. The lowest BCUT2D eigenvalue weighted by atomic mass is 10.0. The van der Waals surface area contributed by atoms with Crippen LogP contribution >= 0.6 is 0 Å². The van der Waals surface area contributed by atoms with Gasteiger partial charge >= 0.3 is 0 Å². The van der Waals surface area contributed by atoms with Crippen molar-refractivity contribution in [1.29, 1.82) is 0 Å². The molecule has 4 rings (SSSR count). The Morgan fingerprint density at radius 2 is 1.61 bits per heavy atom. The third-order valence-corrected chi connectivity index (χ3v) is 5.51. The molecule has 1 fully saturated rings. The first kappa shape index (κ1) is 18.7. The molecule has 0 spiro atoms. The quantitative estimate of drug-likeness (QED) is 0.585. The van der Waals surface area contributed by atoms with Gasteiger partial charge < -0.3 is 9.64 Å². The smallest absolute Gasteiger partial charge is 0.135 e.